The average molecular weight is 166 g/mol. The Balaban J connectivity index is 2.97. The number of hydrogen-bond donors (Lipinski definition) is 2. The molecule has 10 heavy (non-hydrogen) atoms. The van der Waals surface area contributed by atoms with Gasteiger partial charge in [0.1, 0.15) is 0 Å². The Morgan fingerprint density at radius 3 is 2.80 bits per heavy atom. The fourth-order valence-corrected chi connectivity index (χ4v) is 1.02. The molecule has 1 atom stereocenters. The zero-order valence-corrected chi connectivity index (χ0v) is 7.19. The lowest BCUT2D eigenvalue weighted by molar-refractivity contribution is 0.285. The maximum Gasteiger partial charge on any atom is 0.0825 e. The molecule has 0 saturated heterocycles. The lowest BCUT2D eigenvalue weighted by Gasteiger charge is -2.08. The van der Waals surface area contributed by atoms with Crippen LogP contribution in [0.15, 0.2) is 0 Å². The van der Waals surface area contributed by atoms with Gasteiger partial charge in [0.05, 0.1) is 5.50 Å². The van der Waals surface area contributed by atoms with Crippen LogP contribution in [-0.4, -0.2) is 23.8 Å². The van der Waals surface area contributed by atoms with Crippen LogP contribution in [0.4, 0.5) is 0 Å². The second-order valence-corrected chi connectivity index (χ2v) is 2.81. The summed E-state index contributed by atoms with van der Waals surface area (Å²) < 4.78 is 0. The fourth-order valence-electron chi connectivity index (χ4n) is 0.693. The maximum atomic E-state index is 8.43. The van der Waals surface area contributed by atoms with Crippen molar-refractivity contribution in [3.8, 4) is 0 Å². The second-order valence-electron chi connectivity index (χ2n) is 2.29. The first-order valence-corrected chi connectivity index (χ1v) is 4.23. The van der Waals surface area contributed by atoms with Gasteiger partial charge in [0.25, 0.3) is 0 Å². The summed E-state index contributed by atoms with van der Waals surface area (Å²) in [7, 11) is 0. The summed E-state index contributed by atoms with van der Waals surface area (Å²) in [4.78, 5) is 0. The van der Waals surface area contributed by atoms with Gasteiger partial charge < -0.3 is 10.4 Å². The molecule has 0 aromatic carbocycles. The lowest BCUT2D eigenvalue weighted by atomic mass is 10.3. The van der Waals surface area contributed by atoms with Crippen LogP contribution in [-0.2, 0) is 0 Å². The molecular weight excluding hydrogens is 150 g/mol. The van der Waals surface area contributed by atoms with Crippen LogP contribution < -0.4 is 5.32 Å². The molecule has 0 heterocycles. The van der Waals surface area contributed by atoms with Crippen LogP contribution in [0.1, 0.15) is 26.2 Å². The molecule has 0 saturated carbocycles. The highest BCUT2D eigenvalue weighted by molar-refractivity contribution is 6.20. The van der Waals surface area contributed by atoms with Crippen molar-refractivity contribution in [3.63, 3.8) is 0 Å². The Morgan fingerprint density at radius 1 is 1.60 bits per heavy atom. The van der Waals surface area contributed by atoms with Gasteiger partial charge in [0.15, 0.2) is 0 Å². The molecule has 2 N–H and O–H groups in total. The molecular formula is C7H16ClNO. The van der Waals surface area contributed by atoms with Gasteiger partial charge in [0, 0.05) is 6.61 Å². The number of rotatable bonds is 6. The van der Waals surface area contributed by atoms with E-state index in [0.29, 0.717) is 0 Å². The second kappa shape index (κ2) is 7.32. The maximum absolute atomic E-state index is 8.43. The van der Waals surface area contributed by atoms with Crippen LogP contribution in [0.3, 0.4) is 0 Å². The van der Waals surface area contributed by atoms with Gasteiger partial charge in [-0.2, -0.15) is 0 Å². The van der Waals surface area contributed by atoms with Gasteiger partial charge in [-0.25, -0.2) is 0 Å². The van der Waals surface area contributed by atoms with Gasteiger partial charge in [-0.15, -0.1) is 11.6 Å². The van der Waals surface area contributed by atoms with Crippen molar-refractivity contribution in [2.45, 2.75) is 31.7 Å². The van der Waals surface area contributed by atoms with Crippen molar-refractivity contribution in [2.75, 3.05) is 13.2 Å². The molecule has 0 aromatic rings. The van der Waals surface area contributed by atoms with Crippen molar-refractivity contribution >= 4 is 11.6 Å². The van der Waals surface area contributed by atoms with E-state index in [2.05, 4.69) is 12.2 Å². The number of alkyl halides is 1. The molecule has 0 rings (SSSR count). The summed E-state index contributed by atoms with van der Waals surface area (Å²) >= 11 is 5.82. The van der Waals surface area contributed by atoms with E-state index in [4.69, 9.17) is 16.7 Å². The van der Waals surface area contributed by atoms with E-state index in [1.807, 2.05) is 0 Å². The molecule has 1 unspecified atom stereocenters. The first kappa shape index (κ1) is 10.2. The molecule has 62 valence electrons. The third-order valence-electron chi connectivity index (χ3n) is 1.24. The van der Waals surface area contributed by atoms with Gasteiger partial charge in [-0.1, -0.05) is 13.3 Å². The molecule has 0 bridgehead atoms. The molecule has 0 amide bonds. The Morgan fingerprint density at radius 2 is 2.30 bits per heavy atom. The predicted octanol–water partition coefficient (Wildman–Crippen LogP) is 1.32. The van der Waals surface area contributed by atoms with Crippen LogP contribution >= 0.6 is 11.6 Å². The van der Waals surface area contributed by atoms with Crippen LogP contribution in [0.25, 0.3) is 0 Å². The summed E-state index contributed by atoms with van der Waals surface area (Å²) in [6.07, 6.45) is 2.88. The van der Waals surface area contributed by atoms with Gasteiger partial charge >= 0.3 is 0 Å². The summed E-state index contributed by atoms with van der Waals surface area (Å²) in [5.41, 5.74) is 0.0801. The fraction of sp³-hybridized carbons (Fsp3) is 1.00. The summed E-state index contributed by atoms with van der Waals surface area (Å²) in [6.45, 7) is 3.15. The largest absolute Gasteiger partial charge is 0.396 e. The van der Waals surface area contributed by atoms with E-state index in [1.54, 1.807) is 0 Å². The summed E-state index contributed by atoms with van der Waals surface area (Å²) in [5.74, 6) is 0. The van der Waals surface area contributed by atoms with Crippen molar-refractivity contribution in [2.24, 2.45) is 0 Å². The minimum Gasteiger partial charge on any atom is -0.396 e. The highest BCUT2D eigenvalue weighted by Gasteiger charge is 1.98. The monoisotopic (exact) mass is 165 g/mol. The van der Waals surface area contributed by atoms with E-state index in [1.165, 1.54) is 0 Å². The number of halogens is 1. The smallest absolute Gasteiger partial charge is 0.0825 e. The zero-order chi connectivity index (χ0) is 7.82. The molecule has 2 nitrogen and oxygen atoms in total. The van der Waals surface area contributed by atoms with Gasteiger partial charge in [-0.05, 0) is 19.4 Å². The molecule has 0 aliphatic carbocycles. The lowest BCUT2D eigenvalue weighted by Crippen LogP contribution is -2.25. The van der Waals surface area contributed by atoms with Crippen molar-refractivity contribution < 1.29 is 5.11 Å². The minimum atomic E-state index is 0.0801. The predicted molar refractivity (Wildman–Crippen MR) is 44.3 cm³/mol. The van der Waals surface area contributed by atoms with E-state index >= 15 is 0 Å². The molecule has 3 heteroatoms. The third-order valence-corrected chi connectivity index (χ3v) is 1.62. The molecule has 0 fully saturated rings. The quantitative estimate of drug-likeness (QED) is 0.354. The third kappa shape index (κ3) is 6.33. The summed E-state index contributed by atoms with van der Waals surface area (Å²) in [5, 5.41) is 11.5. The normalized spacial score (nSPS) is 13.5. The Bertz CT molecular complexity index is 70.6. The minimum absolute atomic E-state index is 0.0801. The van der Waals surface area contributed by atoms with Crippen LogP contribution in [0.2, 0.25) is 0 Å². The Kier molecular flexibility index (Phi) is 7.47. The number of aliphatic hydroxyl groups excluding tert-OH is 1. The Labute approximate surface area is 67.6 Å². The highest BCUT2D eigenvalue weighted by atomic mass is 35.5. The van der Waals surface area contributed by atoms with E-state index < -0.39 is 0 Å². The molecule has 0 aliphatic heterocycles. The van der Waals surface area contributed by atoms with Crippen LogP contribution in [0.5, 0.6) is 0 Å². The summed E-state index contributed by atoms with van der Waals surface area (Å²) in [6, 6.07) is 0. The van der Waals surface area contributed by atoms with Gasteiger partial charge in [-0.3, -0.25) is 0 Å². The molecule has 0 aromatic heterocycles. The molecule has 0 spiro atoms. The average Bonchev–Trinajstić information content (AvgIpc) is 1.89. The topological polar surface area (TPSA) is 32.3 Å². The van der Waals surface area contributed by atoms with Crippen molar-refractivity contribution in [1.29, 1.82) is 0 Å². The van der Waals surface area contributed by atoms with Crippen molar-refractivity contribution in [1.82, 2.24) is 5.32 Å². The first-order valence-electron chi connectivity index (χ1n) is 3.79. The Hall–Kier alpha value is 0.210. The van der Waals surface area contributed by atoms with E-state index in [9.17, 15) is 0 Å². The zero-order valence-electron chi connectivity index (χ0n) is 6.44. The SMILES string of the molecule is CCCC(Cl)NCCCO. The van der Waals surface area contributed by atoms with E-state index in [-0.39, 0.29) is 12.1 Å². The van der Waals surface area contributed by atoms with Crippen LogP contribution in [0, 0.1) is 0 Å². The first-order chi connectivity index (χ1) is 4.81. The molecule has 0 radical (unpaired) electrons. The van der Waals surface area contributed by atoms with Crippen molar-refractivity contribution in [3.05, 3.63) is 0 Å². The number of aliphatic hydroxyl groups is 1. The van der Waals surface area contributed by atoms with E-state index in [0.717, 1.165) is 25.8 Å². The number of nitrogens with one attached hydrogen (secondary N) is 1. The van der Waals surface area contributed by atoms with Gasteiger partial charge in [0.2, 0.25) is 0 Å². The highest BCUT2D eigenvalue weighted by Crippen LogP contribution is 2.00. The number of hydrogen-bond acceptors (Lipinski definition) is 2. The standard InChI is InChI=1S/C7H16ClNO/c1-2-4-7(8)9-5-3-6-10/h7,9-10H,2-6H2,1H3. The molecule has 0 aliphatic rings.